The Bertz CT molecular complexity index is 616. The van der Waals surface area contributed by atoms with Crippen molar-refractivity contribution in [2.75, 3.05) is 18.0 Å². The summed E-state index contributed by atoms with van der Waals surface area (Å²) in [5, 5.41) is 9.70. The fourth-order valence-corrected chi connectivity index (χ4v) is 2.56. The van der Waals surface area contributed by atoms with Gasteiger partial charge in [0.05, 0.1) is 5.56 Å². The van der Waals surface area contributed by atoms with Gasteiger partial charge in [-0.3, -0.25) is 4.79 Å². The molecule has 3 nitrogen and oxygen atoms in total. The summed E-state index contributed by atoms with van der Waals surface area (Å²) < 4.78 is 0. The molecular formula is C19H23NO2. The van der Waals surface area contributed by atoms with Crippen LogP contribution in [0.1, 0.15) is 36.2 Å². The first-order valence-corrected chi connectivity index (χ1v) is 7.80. The number of aryl methyl sites for hydroxylation is 1. The number of rotatable bonds is 7. The fraction of sp³-hybridized carbons (Fsp3) is 0.316. The second-order valence-corrected chi connectivity index (χ2v) is 5.28. The molecule has 1 N–H and O–H groups in total. The van der Waals surface area contributed by atoms with Crippen LogP contribution in [0.15, 0.2) is 48.5 Å². The molecule has 0 aromatic heterocycles. The number of nitrogens with zero attached hydrogens (tertiary/aromatic N) is 1. The van der Waals surface area contributed by atoms with Gasteiger partial charge in [-0.15, -0.1) is 0 Å². The van der Waals surface area contributed by atoms with Crippen molar-refractivity contribution < 1.29 is 9.90 Å². The second kappa shape index (κ2) is 7.64. The molecule has 0 aliphatic heterocycles. The topological polar surface area (TPSA) is 40.5 Å². The average Bonchev–Trinajstić information content (AvgIpc) is 2.55. The third-order valence-electron chi connectivity index (χ3n) is 3.91. The van der Waals surface area contributed by atoms with Gasteiger partial charge in [-0.2, -0.15) is 0 Å². The zero-order valence-electron chi connectivity index (χ0n) is 13.2. The Morgan fingerprint density at radius 1 is 1.00 bits per heavy atom. The summed E-state index contributed by atoms with van der Waals surface area (Å²) in [6.07, 6.45) is 1.09. The van der Waals surface area contributed by atoms with E-state index >= 15 is 0 Å². The van der Waals surface area contributed by atoms with Crippen molar-refractivity contribution in [3.8, 4) is 5.75 Å². The van der Waals surface area contributed by atoms with Crippen molar-refractivity contribution in [3.05, 3.63) is 59.7 Å². The van der Waals surface area contributed by atoms with Crippen molar-refractivity contribution in [2.24, 2.45) is 0 Å². The Balaban J connectivity index is 1.97. The molecule has 2 rings (SSSR count). The molecule has 0 aliphatic rings. The van der Waals surface area contributed by atoms with Gasteiger partial charge in [0.1, 0.15) is 5.75 Å². The van der Waals surface area contributed by atoms with E-state index in [4.69, 9.17) is 0 Å². The molecule has 22 heavy (non-hydrogen) atoms. The number of ketones is 1. The highest BCUT2D eigenvalue weighted by Crippen LogP contribution is 2.20. The van der Waals surface area contributed by atoms with Crippen molar-refractivity contribution in [2.45, 2.75) is 26.7 Å². The minimum absolute atomic E-state index is 0.0223. The Hall–Kier alpha value is -2.29. The van der Waals surface area contributed by atoms with Gasteiger partial charge in [-0.25, -0.2) is 0 Å². The molecule has 0 bridgehead atoms. The summed E-state index contributed by atoms with van der Waals surface area (Å²) in [5.74, 6) is 0.0373. The molecular weight excluding hydrogens is 274 g/mol. The summed E-state index contributed by atoms with van der Waals surface area (Å²) in [7, 11) is 0. The lowest BCUT2D eigenvalue weighted by Crippen LogP contribution is -2.21. The highest BCUT2D eigenvalue weighted by molar-refractivity contribution is 5.98. The van der Waals surface area contributed by atoms with Crippen LogP contribution in [0.5, 0.6) is 5.75 Å². The third-order valence-corrected chi connectivity index (χ3v) is 3.91. The van der Waals surface area contributed by atoms with Crippen molar-refractivity contribution in [1.29, 1.82) is 0 Å². The maximum atomic E-state index is 12.1. The monoisotopic (exact) mass is 297 g/mol. The normalized spacial score (nSPS) is 10.5. The van der Waals surface area contributed by atoms with Gasteiger partial charge in [0, 0.05) is 25.2 Å². The largest absolute Gasteiger partial charge is 0.507 e. The van der Waals surface area contributed by atoms with E-state index < -0.39 is 0 Å². The van der Waals surface area contributed by atoms with E-state index in [1.165, 1.54) is 5.69 Å². The summed E-state index contributed by atoms with van der Waals surface area (Å²) in [6, 6.07) is 15.1. The lowest BCUT2D eigenvalue weighted by Gasteiger charge is -2.21. The molecule has 0 fully saturated rings. The number of hydrogen-bond acceptors (Lipinski definition) is 3. The van der Waals surface area contributed by atoms with Crippen molar-refractivity contribution in [3.63, 3.8) is 0 Å². The van der Waals surface area contributed by atoms with Crippen LogP contribution < -0.4 is 4.90 Å². The molecule has 116 valence electrons. The highest BCUT2D eigenvalue weighted by atomic mass is 16.3. The quantitative estimate of drug-likeness (QED) is 0.784. The summed E-state index contributed by atoms with van der Waals surface area (Å²) in [6.45, 7) is 6.26. The van der Waals surface area contributed by atoms with Crippen LogP contribution in [0, 0.1) is 0 Å². The van der Waals surface area contributed by atoms with Crippen molar-refractivity contribution >= 4 is 11.5 Å². The van der Waals surface area contributed by atoms with E-state index in [1.54, 1.807) is 24.3 Å². The van der Waals surface area contributed by atoms with Gasteiger partial charge >= 0.3 is 0 Å². The number of Topliss-reactive ketones (excluding diaryl/α,β-unsaturated/α-hetero) is 1. The van der Waals surface area contributed by atoms with E-state index in [-0.39, 0.29) is 11.5 Å². The molecule has 3 heteroatoms. The van der Waals surface area contributed by atoms with Crippen LogP contribution in [0.25, 0.3) is 0 Å². The van der Waals surface area contributed by atoms with Crippen LogP contribution in [-0.4, -0.2) is 24.0 Å². The first-order chi connectivity index (χ1) is 10.7. The Kier molecular flexibility index (Phi) is 5.59. The van der Waals surface area contributed by atoms with Crippen LogP contribution in [0.2, 0.25) is 0 Å². The van der Waals surface area contributed by atoms with E-state index in [9.17, 15) is 9.90 Å². The number of carbonyl (C=O) groups is 1. The maximum Gasteiger partial charge on any atom is 0.166 e. The van der Waals surface area contributed by atoms with Gasteiger partial charge in [-0.05, 0) is 50.1 Å². The Morgan fingerprint density at radius 2 is 1.64 bits per heavy atom. The minimum atomic E-state index is -0.0223. The number of phenols is 1. The Morgan fingerprint density at radius 3 is 2.23 bits per heavy atom. The first kappa shape index (κ1) is 16.1. The molecule has 0 heterocycles. The molecule has 0 aliphatic carbocycles. The predicted octanol–water partition coefficient (Wildman–Crippen LogP) is 4.05. The predicted molar refractivity (Wildman–Crippen MR) is 90.8 cm³/mol. The van der Waals surface area contributed by atoms with Gasteiger partial charge in [0.15, 0.2) is 5.78 Å². The Labute approximate surface area is 132 Å². The number of anilines is 1. The first-order valence-electron chi connectivity index (χ1n) is 7.80. The third kappa shape index (κ3) is 3.88. The summed E-state index contributed by atoms with van der Waals surface area (Å²) in [5.41, 5.74) is 2.75. The van der Waals surface area contributed by atoms with Gasteiger partial charge in [0.25, 0.3) is 0 Å². The van der Waals surface area contributed by atoms with Crippen LogP contribution in [0.3, 0.4) is 0 Å². The minimum Gasteiger partial charge on any atom is -0.507 e. The van der Waals surface area contributed by atoms with Gasteiger partial charge < -0.3 is 10.0 Å². The molecule has 0 saturated carbocycles. The molecule has 0 atom stereocenters. The lowest BCUT2D eigenvalue weighted by molar-refractivity contribution is 0.0980. The fourth-order valence-electron chi connectivity index (χ4n) is 2.56. The number of para-hydroxylation sites is 1. The standard InChI is InChI=1S/C19H23NO2/c1-3-20(4-2)16-12-9-15(10-13-16)11-14-19(22)17-7-5-6-8-18(17)21/h5-10,12-13,21H,3-4,11,14H2,1-2H3. The van der Waals surface area contributed by atoms with Crippen LogP contribution in [-0.2, 0) is 6.42 Å². The van der Waals surface area contributed by atoms with Crippen molar-refractivity contribution in [1.82, 2.24) is 0 Å². The van der Waals surface area contributed by atoms with E-state index in [0.29, 0.717) is 18.4 Å². The molecule has 2 aromatic rings. The van der Waals surface area contributed by atoms with E-state index in [1.807, 2.05) is 0 Å². The lowest BCUT2D eigenvalue weighted by atomic mass is 10.0. The SMILES string of the molecule is CCN(CC)c1ccc(CCC(=O)c2ccccc2O)cc1. The summed E-state index contributed by atoms with van der Waals surface area (Å²) >= 11 is 0. The molecule has 0 spiro atoms. The molecule has 0 radical (unpaired) electrons. The van der Waals surface area contributed by atoms with Gasteiger partial charge in [-0.1, -0.05) is 24.3 Å². The number of benzene rings is 2. The summed E-state index contributed by atoms with van der Waals surface area (Å²) in [4.78, 5) is 14.4. The smallest absolute Gasteiger partial charge is 0.166 e. The zero-order chi connectivity index (χ0) is 15.9. The second-order valence-electron chi connectivity index (χ2n) is 5.28. The number of hydrogen-bond donors (Lipinski definition) is 1. The zero-order valence-corrected chi connectivity index (χ0v) is 13.2. The average molecular weight is 297 g/mol. The van der Waals surface area contributed by atoms with Crippen LogP contribution >= 0.6 is 0 Å². The number of carbonyl (C=O) groups excluding carboxylic acids is 1. The molecule has 0 unspecified atom stereocenters. The number of phenolic OH excluding ortho intramolecular Hbond substituents is 1. The van der Waals surface area contributed by atoms with E-state index in [0.717, 1.165) is 18.7 Å². The molecule has 0 saturated heterocycles. The number of aromatic hydroxyl groups is 1. The molecule has 2 aromatic carbocycles. The highest BCUT2D eigenvalue weighted by Gasteiger charge is 2.10. The molecule has 0 amide bonds. The maximum absolute atomic E-state index is 12.1. The van der Waals surface area contributed by atoms with Crippen LogP contribution in [0.4, 0.5) is 5.69 Å². The van der Waals surface area contributed by atoms with E-state index in [2.05, 4.69) is 43.0 Å². The van der Waals surface area contributed by atoms with Gasteiger partial charge in [0.2, 0.25) is 0 Å².